The highest BCUT2D eigenvalue weighted by Gasteiger charge is 2.09. The van der Waals surface area contributed by atoms with E-state index in [9.17, 15) is 4.79 Å². The van der Waals surface area contributed by atoms with Gasteiger partial charge in [-0.25, -0.2) is 0 Å². The number of halogens is 1. The third-order valence-electron chi connectivity index (χ3n) is 2.82. The van der Waals surface area contributed by atoms with Crippen LogP contribution in [0.25, 0.3) is 6.08 Å². The average Bonchev–Trinajstić information content (AvgIpc) is 2.83. The zero-order valence-electron chi connectivity index (χ0n) is 10.6. The van der Waals surface area contributed by atoms with Gasteiger partial charge in [-0.3, -0.25) is 9.69 Å². The smallest absolute Gasteiger partial charge is 0.244 e. The van der Waals surface area contributed by atoms with Crippen LogP contribution in [0.1, 0.15) is 4.88 Å². The molecule has 1 aromatic rings. The maximum atomic E-state index is 11.6. The van der Waals surface area contributed by atoms with Crippen LogP contribution in [0.2, 0.25) is 4.34 Å². The highest BCUT2D eigenvalue weighted by Crippen LogP contribution is 2.22. The molecule has 1 amide bonds. The second kappa shape index (κ2) is 7.65. The van der Waals surface area contributed by atoms with Gasteiger partial charge in [0.2, 0.25) is 5.91 Å². The lowest BCUT2D eigenvalue weighted by Gasteiger charge is -2.26. The molecule has 0 bridgehead atoms. The van der Waals surface area contributed by atoms with E-state index in [1.165, 1.54) is 11.3 Å². The molecule has 0 aromatic carbocycles. The summed E-state index contributed by atoms with van der Waals surface area (Å²) in [7, 11) is 0. The number of rotatable bonds is 5. The normalized spacial score (nSPS) is 16.9. The van der Waals surface area contributed by atoms with Gasteiger partial charge in [-0.2, -0.15) is 0 Å². The van der Waals surface area contributed by atoms with Gasteiger partial charge < -0.3 is 10.1 Å². The quantitative estimate of drug-likeness (QED) is 0.844. The summed E-state index contributed by atoms with van der Waals surface area (Å²) in [5, 5.41) is 2.87. The number of carbonyl (C=O) groups is 1. The first-order valence-electron chi connectivity index (χ1n) is 6.25. The number of hydrogen-bond donors (Lipinski definition) is 1. The van der Waals surface area contributed by atoms with Gasteiger partial charge in [-0.05, 0) is 18.2 Å². The minimum atomic E-state index is -0.0715. The van der Waals surface area contributed by atoms with Crippen molar-refractivity contribution in [3.63, 3.8) is 0 Å². The van der Waals surface area contributed by atoms with Gasteiger partial charge in [0.15, 0.2) is 0 Å². The van der Waals surface area contributed by atoms with Gasteiger partial charge in [-0.15, -0.1) is 11.3 Å². The summed E-state index contributed by atoms with van der Waals surface area (Å²) in [6.45, 7) is 4.99. The van der Waals surface area contributed by atoms with Crippen molar-refractivity contribution in [3.8, 4) is 0 Å². The van der Waals surface area contributed by atoms with Crippen LogP contribution in [-0.2, 0) is 9.53 Å². The summed E-state index contributed by atoms with van der Waals surface area (Å²) in [6.07, 6.45) is 3.32. The Balaban J connectivity index is 1.65. The van der Waals surface area contributed by atoms with Crippen molar-refractivity contribution in [2.45, 2.75) is 0 Å². The molecule has 2 rings (SSSR count). The predicted octanol–water partition coefficient (Wildman–Crippen LogP) is 1.86. The monoisotopic (exact) mass is 300 g/mol. The van der Waals surface area contributed by atoms with E-state index in [1.54, 1.807) is 12.2 Å². The third kappa shape index (κ3) is 5.32. The summed E-state index contributed by atoms with van der Waals surface area (Å²) in [4.78, 5) is 14.9. The van der Waals surface area contributed by atoms with E-state index >= 15 is 0 Å². The number of amides is 1. The Bertz CT molecular complexity index is 442. The number of morpholine rings is 1. The minimum Gasteiger partial charge on any atom is -0.379 e. The Morgan fingerprint density at radius 2 is 2.26 bits per heavy atom. The number of carbonyl (C=O) groups excluding carboxylic acids is 1. The SMILES string of the molecule is O=C(/C=C/c1ccc(Cl)s1)NCCN1CCOCC1. The van der Waals surface area contributed by atoms with Crippen molar-refractivity contribution < 1.29 is 9.53 Å². The molecule has 0 radical (unpaired) electrons. The lowest BCUT2D eigenvalue weighted by molar-refractivity contribution is -0.116. The van der Waals surface area contributed by atoms with Crippen molar-refractivity contribution in [2.24, 2.45) is 0 Å². The molecule has 19 heavy (non-hydrogen) atoms. The first-order chi connectivity index (χ1) is 9.24. The topological polar surface area (TPSA) is 41.6 Å². The first-order valence-corrected chi connectivity index (χ1v) is 7.45. The van der Waals surface area contributed by atoms with E-state index < -0.39 is 0 Å². The molecule has 0 saturated carbocycles. The van der Waals surface area contributed by atoms with Gasteiger partial charge in [0.25, 0.3) is 0 Å². The van der Waals surface area contributed by atoms with Crippen LogP contribution in [0.5, 0.6) is 0 Å². The molecule has 0 aliphatic carbocycles. The zero-order valence-corrected chi connectivity index (χ0v) is 12.2. The Kier molecular flexibility index (Phi) is 5.85. The fourth-order valence-corrected chi connectivity index (χ4v) is 2.76. The number of nitrogens with zero attached hydrogens (tertiary/aromatic N) is 1. The Morgan fingerprint density at radius 3 is 2.95 bits per heavy atom. The molecule has 0 spiro atoms. The average molecular weight is 301 g/mol. The molecule has 1 aliphatic rings. The maximum Gasteiger partial charge on any atom is 0.244 e. The third-order valence-corrected chi connectivity index (χ3v) is 4.02. The standard InChI is InChI=1S/C13H17ClN2O2S/c14-12-3-1-11(19-12)2-4-13(17)15-5-6-16-7-9-18-10-8-16/h1-4H,5-10H2,(H,15,17)/b4-2+. The summed E-state index contributed by atoms with van der Waals surface area (Å²) in [5.41, 5.74) is 0. The van der Waals surface area contributed by atoms with Crippen LogP contribution in [0, 0.1) is 0 Å². The van der Waals surface area contributed by atoms with Crippen LogP contribution in [0.4, 0.5) is 0 Å². The molecule has 2 heterocycles. The van der Waals surface area contributed by atoms with E-state index in [4.69, 9.17) is 16.3 Å². The Morgan fingerprint density at radius 1 is 1.47 bits per heavy atom. The van der Waals surface area contributed by atoms with Crippen LogP contribution >= 0.6 is 22.9 Å². The molecule has 4 nitrogen and oxygen atoms in total. The summed E-state index contributed by atoms with van der Waals surface area (Å²) in [6, 6.07) is 3.72. The molecule has 6 heteroatoms. The van der Waals surface area contributed by atoms with Gasteiger partial charge in [0.1, 0.15) is 0 Å². The molecule has 1 N–H and O–H groups in total. The van der Waals surface area contributed by atoms with Crippen molar-refractivity contribution in [2.75, 3.05) is 39.4 Å². The predicted molar refractivity (Wildman–Crippen MR) is 78.6 cm³/mol. The van der Waals surface area contributed by atoms with E-state index in [2.05, 4.69) is 10.2 Å². The molecule has 104 valence electrons. The zero-order chi connectivity index (χ0) is 13.5. The van der Waals surface area contributed by atoms with Crippen molar-refractivity contribution in [3.05, 3.63) is 27.4 Å². The number of ether oxygens (including phenoxy) is 1. The molecule has 1 fully saturated rings. The molecular formula is C13H17ClN2O2S. The first kappa shape index (κ1) is 14.5. The van der Waals surface area contributed by atoms with E-state index in [-0.39, 0.29) is 5.91 Å². The largest absolute Gasteiger partial charge is 0.379 e. The fraction of sp³-hybridized carbons (Fsp3) is 0.462. The fourth-order valence-electron chi connectivity index (χ4n) is 1.80. The molecule has 1 saturated heterocycles. The molecular weight excluding hydrogens is 284 g/mol. The van der Waals surface area contributed by atoms with Gasteiger partial charge >= 0.3 is 0 Å². The van der Waals surface area contributed by atoms with Gasteiger partial charge in [0, 0.05) is 37.1 Å². The summed E-state index contributed by atoms with van der Waals surface area (Å²) in [5.74, 6) is -0.0715. The summed E-state index contributed by atoms with van der Waals surface area (Å²) < 4.78 is 6.00. The van der Waals surface area contributed by atoms with E-state index in [0.29, 0.717) is 6.54 Å². The van der Waals surface area contributed by atoms with Crippen LogP contribution in [0.15, 0.2) is 18.2 Å². The minimum absolute atomic E-state index is 0.0715. The van der Waals surface area contributed by atoms with Crippen LogP contribution < -0.4 is 5.32 Å². The highest BCUT2D eigenvalue weighted by molar-refractivity contribution is 7.17. The molecule has 1 aliphatic heterocycles. The maximum absolute atomic E-state index is 11.6. The van der Waals surface area contributed by atoms with E-state index in [0.717, 1.165) is 42.1 Å². The number of hydrogen-bond acceptors (Lipinski definition) is 4. The lowest BCUT2D eigenvalue weighted by atomic mass is 10.4. The van der Waals surface area contributed by atoms with Crippen molar-refractivity contribution in [1.82, 2.24) is 10.2 Å². The van der Waals surface area contributed by atoms with Crippen LogP contribution in [-0.4, -0.2) is 50.2 Å². The Hall–Kier alpha value is -0.880. The molecule has 0 atom stereocenters. The second-order valence-electron chi connectivity index (χ2n) is 4.22. The summed E-state index contributed by atoms with van der Waals surface area (Å²) >= 11 is 7.27. The van der Waals surface area contributed by atoms with Crippen molar-refractivity contribution >= 4 is 34.9 Å². The molecule has 0 unspecified atom stereocenters. The van der Waals surface area contributed by atoms with Crippen molar-refractivity contribution in [1.29, 1.82) is 0 Å². The lowest BCUT2D eigenvalue weighted by Crippen LogP contribution is -2.41. The van der Waals surface area contributed by atoms with Crippen LogP contribution in [0.3, 0.4) is 0 Å². The highest BCUT2D eigenvalue weighted by atomic mass is 35.5. The van der Waals surface area contributed by atoms with E-state index in [1.807, 2.05) is 12.1 Å². The van der Waals surface area contributed by atoms with Gasteiger partial charge in [0.05, 0.1) is 17.6 Å². The number of nitrogens with one attached hydrogen (secondary N) is 1. The number of thiophene rings is 1. The second-order valence-corrected chi connectivity index (χ2v) is 5.97. The Labute approximate surface area is 122 Å². The van der Waals surface area contributed by atoms with Gasteiger partial charge in [-0.1, -0.05) is 11.6 Å². The molecule has 1 aromatic heterocycles.